The molecule has 0 saturated carbocycles. The number of carbonyl (C=O) groups is 1. The van der Waals surface area contributed by atoms with Crippen LogP contribution in [0.3, 0.4) is 0 Å². The number of alkyl halides is 4. The van der Waals surface area contributed by atoms with Gasteiger partial charge in [0.2, 0.25) is 0 Å². The fourth-order valence-corrected chi connectivity index (χ4v) is 2.69. The van der Waals surface area contributed by atoms with Crippen LogP contribution < -0.4 is 16.0 Å². The molecule has 3 N–H and O–H groups in total. The van der Waals surface area contributed by atoms with Crippen molar-refractivity contribution in [2.45, 2.75) is 18.4 Å². The van der Waals surface area contributed by atoms with Gasteiger partial charge in [0.05, 0.1) is 11.4 Å². The molecule has 2 aromatic rings. The summed E-state index contributed by atoms with van der Waals surface area (Å²) in [6.45, 7) is 0. The standard InChI is InChI=1S/C16H13F4N3O2/c17-13(18)15(19,20)25-16(10-6-2-1-3-7-10)22-11-8-4-5-9-12(11)23(16)14(21)24/h1-9,13,22H,(H2,21,24). The average molecular weight is 355 g/mol. The number of ether oxygens (including phenoxy) is 1. The van der Waals surface area contributed by atoms with Crippen LogP contribution in [0.5, 0.6) is 0 Å². The van der Waals surface area contributed by atoms with E-state index in [1.807, 2.05) is 0 Å². The highest BCUT2D eigenvalue weighted by molar-refractivity contribution is 5.99. The van der Waals surface area contributed by atoms with E-state index >= 15 is 0 Å². The number of benzene rings is 2. The number of para-hydroxylation sites is 2. The first kappa shape index (κ1) is 17.0. The van der Waals surface area contributed by atoms with Gasteiger partial charge in [-0.1, -0.05) is 42.5 Å². The summed E-state index contributed by atoms with van der Waals surface area (Å²) in [6.07, 6.45) is -8.94. The molecule has 2 amide bonds. The molecule has 0 aliphatic carbocycles. The smallest absolute Gasteiger partial charge is 0.351 e. The number of anilines is 2. The number of halogens is 4. The number of hydrogen-bond acceptors (Lipinski definition) is 3. The zero-order valence-corrected chi connectivity index (χ0v) is 12.6. The van der Waals surface area contributed by atoms with Crippen molar-refractivity contribution in [2.24, 2.45) is 5.73 Å². The Hall–Kier alpha value is -2.81. The van der Waals surface area contributed by atoms with Crippen molar-refractivity contribution in [1.82, 2.24) is 0 Å². The van der Waals surface area contributed by atoms with Gasteiger partial charge >= 0.3 is 18.6 Å². The van der Waals surface area contributed by atoms with Gasteiger partial charge in [0.15, 0.2) is 0 Å². The average Bonchev–Trinajstić information content (AvgIpc) is 2.89. The van der Waals surface area contributed by atoms with Gasteiger partial charge in [-0.25, -0.2) is 18.5 Å². The van der Waals surface area contributed by atoms with Crippen LogP contribution in [-0.2, 0) is 10.6 Å². The van der Waals surface area contributed by atoms with Gasteiger partial charge in [0.1, 0.15) is 0 Å². The molecule has 0 radical (unpaired) electrons. The molecule has 0 saturated heterocycles. The zero-order valence-electron chi connectivity index (χ0n) is 12.6. The fraction of sp³-hybridized carbons (Fsp3) is 0.188. The minimum atomic E-state index is -4.83. The number of nitrogens with one attached hydrogen (secondary N) is 1. The van der Waals surface area contributed by atoms with Crippen molar-refractivity contribution in [3.63, 3.8) is 0 Å². The number of carbonyl (C=O) groups excluding carboxylic acids is 1. The van der Waals surface area contributed by atoms with Crippen molar-refractivity contribution in [3.05, 3.63) is 60.2 Å². The number of nitrogens with two attached hydrogens (primary N) is 1. The maximum absolute atomic E-state index is 13.8. The lowest BCUT2D eigenvalue weighted by Gasteiger charge is -2.39. The molecule has 1 aliphatic rings. The lowest BCUT2D eigenvalue weighted by atomic mass is 10.1. The van der Waals surface area contributed by atoms with Crippen molar-refractivity contribution >= 4 is 17.4 Å². The Morgan fingerprint density at radius 2 is 1.72 bits per heavy atom. The number of amides is 2. The Kier molecular flexibility index (Phi) is 4.03. The van der Waals surface area contributed by atoms with Gasteiger partial charge in [0.25, 0.3) is 5.85 Å². The summed E-state index contributed by atoms with van der Waals surface area (Å²) in [5.41, 5.74) is 5.72. The minimum absolute atomic E-state index is 0.00493. The summed E-state index contributed by atoms with van der Waals surface area (Å²) >= 11 is 0. The third kappa shape index (κ3) is 2.76. The molecule has 2 aromatic carbocycles. The quantitative estimate of drug-likeness (QED) is 0.822. The molecular formula is C16H13F4N3O2. The molecule has 1 aliphatic heterocycles. The molecule has 9 heteroatoms. The molecule has 25 heavy (non-hydrogen) atoms. The SMILES string of the molecule is NC(=O)N1c2ccccc2NC1(OC(F)(F)C(F)F)c1ccccc1. The van der Waals surface area contributed by atoms with Crippen LogP contribution in [0.2, 0.25) is 0 Å². The van der Waals surface area contributed by atoms with Crippen molar-refractivity contribution in [3.8, 4) is 0 Å². The molecule has 0 fully saturated rings. The van der Waals surface area contributed by atoms with E-state index < -0.39 is 24.4 Å². The molecule has 0 bridgehead atoms. The third-order valence-electron chi connectivity index (χ3n) is 3.69. The Bertz CT molecular complexity index is 788. The highest BCUT2D eigenvalue weighted by Crippen LogP contribution is 2.48. The van der Waals surface area contributed by atoms with Crippen molar-refractivity contribution < 1.29 is 27.1 Å². The lowest BCUT2D eigenvalue weighted by Crippen LogP contribution is -2.58. The highest BCUT2D eigenvalue weighted by Gasteiger charge is 2.57. The number of urea groups is 1. The molecule has 1 heterocycles. The van der Waals surface area contributed by atoms with Crippen LogP contribution in [0.15, 0.2) is 54.6 Å². The molecule has 5 nitrogen and oxygen atoms in total. The van der Waals surface area contributed by atoms with Crippen LogP contribution in [0.1, 0.15) is 5.56 Å². The van der Waals surface area contributed by atoms with E-state index in [1.54, 1.807) is 18.2 Å². The molecule has 1 unspecified atom stereocenters. The first-order valence-corrected chi connectivity index (χ1v) is 7.16. The van der Waals surface area contributed by atoms with Gasteiger partial charge in [-0.15, -0.1) is 0 Å². The van der Waals surface area contributed by atoms with E-state index in [9.17, 15) is 22.4 Å². The molecular weight excluding hydrogens is 342 g/mol. The maximum Gasteiger partial charge on any atom is 0.420 e. The van der Waals surface area contributed by atoms with E-state index in [0.29, 0.717) is 4.90 Å². The molecule has 0 aromatic heterocycles. The fourth-order valence-electron chi connectivity index (χ4n) is 2.69. The van der Waals surface area contributed by atoms with Gasteiger partial charge in [-0.05, 0) is 12.1 Å². The van der Waals surface area contributed by atoms with E-state index in [2.05, 4.69) is 10.1 Å². The van der Waals surface area contributed by atoms with Crippen LogP contribution in [0.25, 0.3) is 0 Å². The number of rotatable bonds is 4. The van der Waals surface area contributed by atoms with Gasteiger partial charge in [-0.3, -0.25) is 4.74 Å². The Morgan fingerprint density at radius 3 is 2.32 bits per heavy atom. The Balaban J connectivity index is 2.21. The van der Waals surface area contributed by atoms with E-state index in [0.717, 1.165) is 0 Å². The summed E-state index contributed by atoms with van der Waals surface area (Å²) in [5, 5.41) is 2.60. The second-order valence-electron chi connectivity index (χ2n) is 5.29. The number of fused-ring (bicyclic) bond motifs is 1. The summed E-state index contributed by atoms with van der Waals surface area (Å²) in [7, 11) is 0. The summed E-state index contributed by atoms with van der Waals surface area (Å²) in [5.74, 6) is -2.42. The third-order valence-corrected chi connectivity index (χ3v) is 3.69. The summed E-state index contributed by atoms with van der Waals surface area (Å²) in [6, 6.07) is 12.2. The number of hydrogen-bond donors (Lipinski definition) is 2. The van der Waals surface area contributed by atoms with Crippen LogP contribution in [0.4, 0.5) is 33.7 Å². The molecule has 0 spiro atoms. The topological polar surface area (TPSA) is 67.6 Å². The van der Waals surface area contributed by atoms with E-state index in [4.69, 9.17) is 5.73 Å². The second-order valence-corrected chi connectivity index (χ2v) is 5.29. The first-order valence-electron chi connectivity index (χ1n) is 7.16. The predicted molar refractivity (Wildman–Crippen MR) is 82.3 cm³/mol. The summed E-state index contributed by atoms with van der Waals surface area (Å²) in [4.78, 5) is 12.7. The highest BCUT2D eigenvalue weighted by atomic mass is 19.3. The van der Waals surface area contributed by atoms with Crippen LogP contribution in [0, 0.1) is 0 Å². The van der Waals surface area contributed by atoms with Gasteiger partial charge in [0, 0.05) is 5.56 Å². The van der Waals surface area contributed by atoms with Gasteiger partial charge < -0.3 is 11.1 Å². The van der Waals surface area contributed by atoms with Gasteiger partial charge in [-0.2, -0.15) is 8.78 Å². The molecule has 1 atom stereocenters. The normalized spacial score (nSPS) is 19.6. The predicted octanol–water partition coefficient (Wildman–Crippen LogP) is 3.68. The minimum Gasteiger partial charge on any atom is -0.351 e. The number of primary amides is 1. The largest absolute Gasteiger partial charge is 0.420 e. The van der Waals surface area contributed by atoms with E-state index in [-0.39, 0.29) is 16.9 Å². The first-order chi connectivity index (χ1) is 11.8. The monoisotopic (exact) mass is 355 g/mol. The number of nitrogens with zero attached hydrogens (tertiary/aromatic N) is 1. The Morgan fingerprint density at radius 1 is 1.12 bits per heavy atom. The maximum atomic E-state index is 13.8. The molecule has 3 rings (SSSR count). The van der Waals surface area contributed by atoms with Crippen LogP contribution >= 0.6 is 0 Å². The summed E-state index contributed by atoms with van der Waals surface area (Å²) < 4.78 is 57.7. The zero-order chi connectivity index (χ0) is 18.2. The molecule has 132 valence electrons. The lowest BCUT2D eigenvalue weighted by molar-refractivity contribution is -0.339. The van der Waals surface area contributed by atoms with Crippen LogP contribution in [-0.4, -0.2) is 18.6 Å². The second kappa shape index (κ2) is 5.92. The van der Waals surface area contributed by atoms with E-state index in [1.165, 1.54) is 36.4 Å². The van der Waals surface area contributed by atoms with Crippen molar-refractivity contribution in [1.29, 1.82) is 0 Å². The Labute approximate surface area is 140 Å². The van der Waals surface area contributed by atoms with Crippen molar-refractivity contribution in [2.75, 3.05) is 10.2 Å².